The summed E-state index contributed by atoms with van der Waals surface area (Å²) in [6.07, 6.45) is 0.528. The predicted octanol–water partition coefficient (Wildman–Crippen LogP) is 0.0905. The monoisotopic (exact) mass is 412 g/mol. The van der Waals surface area contributed by atoms with Crippen molar-refractivity contribution in [2.45, 2.75) is 57.8 Å². The molecule has 1 aromatic rings. The molecule has 3 aliphatic heterocycles. The van der Waals surface area contributed by atoms with Crippen LogP contribution in [0, 0.1) is 5.92 Å². The van der Waals surface area contributed by atoms with Crippen LogP contribution in [0.1, 0.15) is 59.4 Å². The van der Waals surface area contributed by atoms with Crippen molar-refractivity contribution in [3.05, 3.63) is 34.9 Å². The third kappa shape index (κ3) is 3.60. The van der Waals surface area contributed by atoms with Crippen LogP contribution in [0.5, 0.6) is 0 Å². The number of rotatable bonds is 6. The highest BCUT2D eigenvalue weighted by molar-refractivity contribution is 6.24. The van der Waals surface area contributed by atoms with Crippen LogP contribution in [0.15, 0.2) is 18.2 Å². The number of hydrogen-bond donors (Lipinski definition) is 3. The summed E-state index contributed by atoms with van der Waals surface area (Å²) in [7, 11) is 0. The van der Waals surface area contributed by atoms with Gasteiger partial charge in [0, 0.05) is 31.5 Å². The molecule has 0 saturated carbocycles. The van der Waals surface area contributed by atoms with Crippen LogP contribution in [0.25, 0.3) is 0 Å². The SMILES string of the molecule is CC(C)C1NC1CC(=O)NCc1cccc2c1C(=O)N(C1CCC(=O)NC1=O)C2=O. The Kier molecular flexibility index (Phi) is 5.15. The average molecular weight is 412 g/mol. The molecule has 9 heteroatoms. The number of imide groups is 2. The summed E-state index contributed by atoms with van der Waals surface area (Å²) in [6, 6.07) is 4.37. The minimum absolute atomic E-state index is 0.0687. The number of carbonyl (C=O) groups excluding carboxylic acids is 5. The number of fused-ring (bicyclic) bond motifs is 1. The first-order valence-corrected chi connectivity index (χ1v) is 10.1. The third-order valence-electron chi connectivity index (χ3n) is 5.88. The molecule has 4 rings (SSSR count). The number of nitrogens with zero attached hydrogens (tertiary/aromatic N) is 1. The molecule has 3 aliphatic rings. The van der Waals surface area contributed by atoms with E-state index in [2.05, 4.69) is 29.8 Å². The highest BCUT2D eigenvalue weighted by atomic mass is 16.2. The summed E-state index contributed by atoms with van der Waals surface area (Å²) in [6.45, 7) is 4.31. The molecule has 0 spiro atoms. The van der Waals surface area contributed by atoms with Gasteiger partial charge in [-0.3, -0.25) is 34.2 Å². The van der Waals surface area contributed by atoms with Crippen LogP contribution in [0.2, 0.25) is 0 Å². The Morgan fingerprint density at radius 1 is 1.20 bits per heavy atom. The predicted molar refractivity (Wildman–Crippen MR) is 105 cm³/mol. The number of benzene rings is 1. The summed E-state index contributed by atoms with van der Waals surface area (Å²) < 4.78 is 0. The van der Waals surface area contributed by atoms with Crippen LogP contribution in [-0.4, -0.2) is 52.6 Å². The molecule has 30 heavy (non-hydrogen) atoms. The number of carbonyl (C=O) groups is 5. The maximum absolute atomic E-state index is 13.0. The van der Waals surface area contributed by atoms with Crippen molar-refractivity contribution in [2.75, 3.05) is 0 Å². The first kappa shape index (κ1) is 20.2. The second-order valence-electron chi connectivity index (χ2n) is 8.31. The normalized spacial score (nSPS) is 25.4. The van der Waals surface area contributed by atoms with E-state index in [1.165, 1.54) is 6.07 Å². The largest absolute Gasteiger partial charge is 0.352 e. The van der Waals surface area contributed by atoms with Gasteiger partial charge in [0.15, 0.2) is 0 Å². The van der Waals surface area contributed by atoms with Crippen LogP contribution in [0.4, 0.5) is 0 Å². The lowest BCUT2D eigenvalue weighted by Crippen LogP contribution is -2.54. The Labute approximate surface area is 173 Å². The van der Waals surface area contributed by atoms with E-state index in [0.29, 0.717) is 23.9 Å². The van der Waals surface area contributed by atoms with Crippen molar-refractivity contribution < 1.29 is 24.0 Å². The molecule has 0 radical (unpaired) electrons. The lowest BCUT2D eigenvalue weighted by Gasteiger charge is -2.27. The number of nitrogens with one attached hydrogen (secondary N) is 3. The smallest absolute Gasteiger partial charge is 0.262 e. The summed E-state index contributed by atoms with van der Waals surface area (Å²) in [4.78, 5) is 62.6. The number of piperidine rings is 1. The quantitative estimate of drug-likeness (QED) is 0.448. The Morgan fingerprint density at radius 3 is 2.63 bits per heavy atom. The molecule has 3 N–H and O–H groups in total. The van der Waals surface area contributed by atoms with Gasteiger partial charge < -0.3 is 10.6 Å². The van der Waals surface area contributed by atoms with Crippen molar-refractivity contribution in [2.24, 2.45) is 5.92 Å². The Hall–Kier alpha value is -3.07. The molecule has 5 amide bonds. The van der Waals surface area contributed by atoms with E-state index >= 15 is 0 Å². The van der Waals surface area contributed by atoms with Gasteiger partial charge in [-0.25, -0.2) is 0 Å². The van der Waals surface area contributed by atoms with Crippen molar-refractivity contribution in [3.8, 4) is 0 Å². The minimum atomic E-state index is -1.01. The maximum atomic E-state index is 13.0. The second kappa shape index (κ2) is 7.64. The molecule has 3 atom stereocenters. The number of hydrogen-bond acceptors (Lipinski definition) is 6. The molecular formula is C21H24N4O5. The fourth-order valence-corrected chi connectivity index (χ4v) is 4.23. The van der Waals surface area contributed by atoms with Crippen molar-refractivity contribution in [1.82, 2.24) is 20.9 Å². The van der Waals surface area contributed by atoms with Gasteiger partial charge in [0.2, 0.25) is 17.7 Å². The van der Waals surface area contributed by atoms with E-state index in [4.69, 9.17) is 0 Å². The summed E-state index contributed by atoms with van der Waals surface area (Å²) in [5.41, 5.74) is 0.940. The fourth-order valence-electron chi connectivity index (χ4n) is 4.23. The molecule has 0 aliphatic carbocycles. The van der Waals surface area contributed by atoms with Crippen molar-refractivity contribution >= 4 is 29.5 Å². The Bertz CT molecular complexity index is 957. The molecule has 2 fully saturated rings. The van der Waals surface area contributed by atoms with E-state index in [1.54, 1.807) is 12.1 Å². The fraction of sp³-hybridized carbons (Fsp3) is 0.476. The highest BCUT2D eigenvalue weighted by Crippen LogP contribution is 2.30. The summed E-state index contributed by atoms with van der Waals surface area (Å²) in [5.74, 6) is -1.86. The highest BCUT2D eigenvalue weighted by Gasteiger charge is 2.45. The Balaban J connectivity index is 1.46. The van der Waals surface area contributed by atoms with E-state index < -0.39 is 29.7 Å². The van der Waals surface area contributed by atoms with Gasteiger partial charge in [0.05, 0.1) is 11.1 Å². The van der Waals surface area contributed by atoms with E-state index in [1.807, 2.05) is 0 Å². The van der Waals surface area contributed by atoms with Gasteiger partial charge in [-0.15, -0.1) is 0 Å². The molecule has 0 aromatic heterocycles. The summed E-state index contributed by atoms with van der Waals surface area (Å²) >= 11 is 0. The summed E-state index contributed by atoms with van der Waals surface area (Å²) in [5, 5.41) is 8.27. The molecule has 9 nitrogen and oxygen atoms in total. The van der Waals surface area contributed by atoms with Gasteiger partial charge in [0.1, 0.15) is 6.04 Å². The van der Waals surface area contributed by atoms with Gasteiger partial charge in [-0.05, 0) is 24.0 Å². The lowest BCUT2D eigenvalue weighted by molar-refractivity contribution is -0.136. The van der Waals surface area contributed by atoms with Gasteiger partial charge >= 0.3 is 0 Å². The van der Waals surface area contributed by atoms with Crippen LogP contribution in [0.3, 0.4) is 0 Å². The first-order valence-electron chi connectivity index (χ1n) is 10.1. The van der Waals surface area contributed by atoms with E-state index in [-0.39, 0.29) is 42.5 Å². The zero-order chi connectivity index (χ0) is 21.6. The zero-order valence-electron chi connectivity index (χ0n) is 16.9. The van der Waals surface area contributed by atoms with E-state index in [0.717, 1.165) is 4.90 Å². The Morgan fingerprint density at radius 2 is 1.97 bits per heavy atom. The van der Waals surface area contributed by atoms with Crippen LogP contribution >= 0.6 is 0 Å². The maximum Gasteiger partial charge on any atom is 0.262 e. The van der Waals surface area contributed by atoms with Crippen LogP contribution < -0.4 is 16.0 Å². The molecule has 2 saturated heterocycles. The molecule has 3 heterocycles. The van der Waals surface area contributed by atoms with Gasteiger partial charge in [-0.1, -0.05) is 26.0 Å². The lowest BCUT2D eigenvalue weighted by atomic mass is 10.0. The van der Waals surface area contributed by atoms with Gasteiger partial charge in [-0.2, -0.15) is 0 Å². The molecule has 0 bridgehead atoms. The van der Waals surface area contributed by atoms with Crippen molar-refractivity contribution in [1.29, 1.82) is 0 Å². The minimum Gasteiger partial charge on any atom is -0.352 e. The van der Waals surface area contributed by atoms with Crippen LogP contribution in [-0.2, 0) is 20.9 Å². The van der Waals surface area contributed by atoms with Gasteiger partial charge in [0.25, 0.3) is 11.8 Å². The first-order chi connectivity index (χ1) is 14.3. The molecule has 1 aromatic carbocycles. The topological polar surface area (TPSA) is 135 Å². The van der Waals surface area contributed by atoms with Crippen molar-refractivity contribution in [3.63, 3.8) is 0 Å². The number of amides is 5. The second-order valence-corrected chi connectivity index (χ2v) is 8.31. The average Bonchev–Trinajstić information content (AvgIpc) is 3.41. The molecule has 158 valence electrons. The zero-order valence-corrected chi connectivity index (χ0v) is 16.9. The van der Waals surface area contributed by atoms with E-state index in [9.17, 15) is 24.0 Å². The standard InChI is InChI=1S/C21H24N4O5/c1-10(2)18-13(23-18)8-16(27)22-9-11-4-3-5-12-17(11)21(30)25(20(12)29)14-6-7-15(26)24-19(14)28/h3-5,10,13-14,18,23H,6-9H2,1-2H3,(H,22,27)(H,24,26,28). The third-order valence-corrected chi connectivity index (χ3v) is 5.88. The molecule has 3 unspecified atom stereocenters. The molecular weight excluding hydrogens is 388 g/mol.